The fourth-order valence-electron chi connectivity index (χ4n) is 2.34. The number of fused-ring (bicyclic) bond motifs is 1. The SMILES string of the molecule is O=C(c1ccsc1)C1CNCc2ccccc21. The lowest BCUT2D eigenvalue weighted by molar-refractivity contribution is 0.0955. The van der Waals surface area contributed by atoms with Crippen molar-refractivity contribution >= 4 is 17.1 Å². The number of hydrogen-bond acceptors (Lipinski definition) is 3. The van der Waals surface area contributed by atoms with Crippen LogP contribution in [-0.2, 0) is 6.54 Å². The molecule has 0 radical (unpaired) electrons. The standard InChI is InChI=1S/C14H13NOS/c16-14(11-5-6-17-9-11)13-8-15-7-10-3-1-2-4-12(10)13/h1-6,9,13,15H,7-8H2. The molecular formula is C14H13NOS. The Labute approximate surface area is 104 Å². The smallest absolute Gasteiger partial charge is 0.172 e. The first-order valence-electron chi connectivity index (χ1n) is 5.71. The number of benzene rings is 1. The number of thiophene rings is 1. The van der Waals surface area contributed by atoms with Gasteiger partial charge in [0.2, 0.25) is 0 Å². The summed E-state index contributed by atoms with van der Waals surface area (Å²) in [6.07, 6.45) is 0. The summed E-state index contributed by atoms with van der Waals surface area (Å²) in [6.45, 7) is 1.61. The van der Waals surface area contributed by atoms with E-state index in [0.29, 0.717) is 0 Å². The van der Waals surface area contributed by atoms with Gasteiger partial charge in [-0.15, -0.1) is 0 Å². The highest BCUT2D eigenvalue weighted by Crippen LogP contribution is 2.27. The molecule has 1 N–H and O–H groups in total. The number of rotatable bonds is 2. The van der Waals surface area contributed by atoms with Gasteiger partial charge in [0.05, 0.1) is 5.92 Å². The van der Waals surface area contributed by atoms with Crippen molar-refractivity contribution in [3.63, 3.8) is 0 Å². The van der Waals surface area contributed by atoms with Gasteiger partial charge in [-0.3, -0.25) is 4.79 Å². The topological polar surface area (TPSA) is 29.1 Å². The highest BCUT2D eigenvalue weighted by molar-refractivity contribution is 7.08. The minimum atomic E-state index is -0.0328. The van der Waals surface area contributed by atoms with E-state index in [1.54, 1.807) is 11.3 Å². The van der Waals surface area contributed by atoms with Crippen LogP contribution in [0.5, 0.6) is 0 Å². The highest BCUT2D eigenvalue weighted by Gasteiger charge is 2.26. The number of carbonyl (C=O) groups excluding carboxylic acids is 1. The van der Waals surface area contributed by atoms with Crippen LogP contribution in [0.3, 0.4) is 0 Å². The van der Waals surface area contributed by atoms with Gasteiger partial charge >= 0.3 is 0 Å². The molecule has 1 aromatic heterocycles. The van der Waals surface area contributed by atoms with Crippen LogP contribution in [0.1, 0.15) is 27.4 Å². The summed E-state index contributed by atoms with van der Waals surface area (Å²) in [5, 5.41) is 7.20. The van der Waals surface area contributed by atoms with Gasteiger partial charge in [-0.05, 0) is 22.6 Å². The third-order valence-electron chi connectivity index (χ3n) is 3.22. The summed E-state index contributed by atoms with van der Waals surface area (Å²) < 4.78 is 0. The molecule has 3 rings (SSSR count). The molecule has 0 bridgehead atoms. The Hall–Kier alpha value is -1.45. The van der Waals surface area contributed by atoms with Crippen molar-refractivity contribution in [1.82, 2.24) is 5.32 Å². The largest absolute Gasteiger partial charge is 0.312 e. The summed E-state index contributed by atoms with van der Waals surface area (Å²) in [7, 11) is 0. The first-order chi connectivity index (χ1) is 8.36. The zero-order valence-electron chi connectivity index (χ0n) is 9.35. The molecule has 0 amide bonds. The number of carbonyl (C=O) groups is 1. The molecule has 2 heterocycles. The van der Waals surface area contributed by atoms with Crippen LogP contribution in [0.25, 0.3) is 0 Å². The zero-order chi connectivity index (χ0) is 11.7. The summed E-state index contributed by atoms with van der Waals surface area (Å²) >= 11 is 1.57. The van der Waals surface area contributed by atoms with Gasteiger partial charge in [-0.25, -0.2) is 0 Å². The summed E-state index contributed by atoms with van der Waals surface area (Å²) in [4.78, 5) is 12.4. The van der Waals surface area contributed by atoms with Crippen LogP contribution in [0.2, 0.25) is 0 Å². The Morgan fingerprint density at radius 1 is 1.29 bits per heavy atom. The van der Waals surface area contributed by atoms with Gasteiger partial charge in [0.25, 0.3) is 0 Å². The van der Waals surface area contributed by atoms with Gasteiger partial charge in [0.1, 0.15) is 0 Å². The lowest BCUT2D eigenvalue weighted by Gasteiger charge is -2.25. The molecule has 17 heavy (non-hydrogen) atoms. The zero-order valence-corrected chi connectivity index (χ0v) is 10.2. The van der Waals surface area contributed by atoms with Crippen molar-refractivity contribution in [1.29, 1.82) is 0 Å². The van der Waals surface area contributed by atoms with Gasteiger partial charge in [-0.2, -0.15) is 11.3 Å². The average molecular weight is 243 g/mol. The normalized spacial score (nSPS) is 18.7. The van der Waals surface area contributed by atoms with E-state index in [4.69, 9.17) is 0 Å². The van der Waals surface area contributed by atoms with Crippen LogP contribution in [0.4, 0.5) is 0 Å². The average Bonchev–Trinajstić information content (AvgIpc) is 2.91. The molecule has 1 atom stereocenters. The first kappa shape index (κ1) is 10.7. The molecule has 1 aliphatic heterocycles. The van der Waals surface area contributed by atoms with Crippen molar-refractivity contribution < 1.29 is 4.79 Å². The number of Topliss-reactive ketones (excluding diaryl/α,β-unsaturated/α-hetero) is 1. The minimum Gasteiger partial charge on any atom is -0.312 e. The van der Waals surface area contributed by atoms with E-state index in [9.17, 15) is 4.79 Å². The third kappa shape index (κ3) is 1.92. The molecule has 2 aromatic rings. The Morgan fingerprint density at radius 3 is 3.00 bits per heavy atom. The quantitative estimate of drug-likeness (QED) is 0.822. The minimum absolute atomic E-state index is 0.0328. The second-order valence-electron chi connectivity index (χ2n) is 4.26. The Morgan fingerprint density at radius 2 is 2.18 bits per heavy atom. The van der Waals surface area contributed by atoms with Crippen LogP contribution >= 0.6 is 11.3 Å². The molecule has 0 fully saturated rings. The number of hydrogen-bond donors (Lipinski definition) is 1. The second kappa shape index (κ2) is 4.43. The molecule has 3 heteroatoms. The van der Waals surface area contributed by atoms with E-state index in [2.05, 4.69) is 17.4 Å². The third-order valence-corrected chi connectivity index (χ3v) is 3.90. The van der Waals surface area contributed by atoms with Crippen molar-refractivity contribution in [3.8, 4) is 0 Å². The Bertz CT molecular complexity index is 533. The van der Waals surface area contributed by atoms with Gasteiger partial charge < -0.3 is 5.32 Å². The maximum Gasteiger partial charge on any atom is 0.172 e. The van der Waals surface area contributed by atoms with Crippen molar-refractivity contribution in [2.24, 2.45) is 0 Å². The van der Waals surface area contributed by atoms with Gasteiger partial charge in [0.15, 0.2) is 5.78 Å². The molecule has 0 saturated carbocycles. The number of ketones is 1. The second-order valence-corrected chi connectivity index (χ2v) is 5.04. The van der Waals surface area contributed by atoms with Gasteiger partial charge in [0, 0.05) is 24.0 Å². The maximum absolute atomic E-state index is 12.4. The molecule has 0 aliphatic carbocycles. The van der Waals surface area contributed by atoms with Crippen molar-refractivity contribution in [3.05, 3.63) is 57.8 Å². The van der Waals surface area contributed by atoms with Crippen LogP contribution in [0, 0.1) is 0 Å². The van der Waals surface area contributed by atoms with E-state index in [0.717, 1.165) is 18.7 Å². The fourth-order valence-corrected chi connectivity index (χ4v) is 2.98. The lowest BCUT2D eigenvalue weighted by atomic mass is 9.86. The monoisotopic (exact) mass is 243 g/mol. The Balaban J connectivity index is 1.98. The van der Waals surface area contributed by atoms with E-state index < -0.39 is 0 Å². The number of nitrogens with one attached hydrogen (secondary N) is 1. The van der Waals surface area contributed by atoms with E-state index >= 15 is 0 Å². The lowest BCUT2D eigenvalue weighted by Crippen LogP contribution is -2.32. The molecule has 1 aliphatic rings. The van der Waals surface area contributed by atoms with Gasteiger partial charge in [-0.1, -0.05) is 24.3 Å². The predicted octanol–water partition coefficient (Wildman–Crippen LogP) is 2.82. The van der Waals surface area contributed by atoms with E-state index in [-0.39, 0.29) is 11.7 Å². The van der Waals surface area contributed by atoms with E-state index in [1.807, 2.05) is 29.0 Å². The molecule has 1 unspecified atom stereocenters. The molecular weight excluding hydrogens is 230 g/mol. The predicted molar refractivity (Wildman–Crippen MR) is 69.5 cm³/mol. The van der Waals surface area contributed by atoms with Crippen LogP contribution in [0.15, 0.2) is 41.1 Å². The van der Waals surface area contributed by atoms with E-state index in [1.165, 1.54) is 11.1 Å². The summed E-state index contributed by atoms with van der Waals surface area (Å²) in [5.41, 5.74) is 3.26. The molecule has 2 nitrogen and oxygen atoms in total. The molecule has 0 saturated heterocycles. The fraction of sp³-hybridized carbons (Fsp3) is 0.214. The first-order valence-corrected chi connectivity index (χ1v) is 6.65. The molecule has 0 spiro atoms. The molecule has 1 aromatic carbocycles. The summed E-state index contributed by atoms with van der Waals surface area (Å²) in [5.74, 6) is 0.195. The van der Waals surface area contributed by atoms with Crippen molar-refractivity contribution in [2.75, 3.05) is 6.54 Å². The maximum atomic E-state index is 12.4. The Kier molecular flexibility index (Phi) is 2.79. The van der Waals surface area contributed by atoms with Crippen LogP contribution < -0.4 is 5.32 Å². The van der Waals surface area contributed by atoms with Crippen LogP contribution in [-0.4, -0.2) is 12.3 Å². The summed E-state index contributed by atoms with van der Waals surface area (Å²) in [6, 6.07) is 10.1. The molecule has 86 valence electrons. The van der Waals surface area contributed by atoms with Crippen molar-refractivity contribution in [2.45, 2.75) is 12.5 Å². The highest BCUT2D eigenvalue weighted by atomic mass is 32.1.